The Kier molecular flexibility index (Phi) is 1.98. The number of hydrogen-bond acceptors (Lipinski definition) is 2. The molecule has 74 valence electrons. The van der Waals surface area contributed by atoms with Crippen molar-refractivity contribution in [3.63, 3.8) is 0 Å². The summed E-state index contributed by atoms with van der Waals surface area (Å²) >= 11 is 0. The van der Waals surface area contributed by atoms with Gasteiger partial charge in [-0.3, -0.25) is 5.50 Å². The summed E-state index contributed by atoms with van der Waals surface area (Å²) in [5.41, 5.74) is 8.34. The molecule has 1 aliphatic heterocycles. The molecule has 2 aromatic rings. The van der Waals surface area contributed by atoms with Gasteiger partial charge in [0.2, 0.25) is 0 Å². The Morgan fingerprint density at radius 3 is 2.40 bits per heavy atom. The summed E-state index contributed by atoms with van der Waals surface area (Å²) in [4.78, 5) is 0. The van der Waals surface area contributed by atoms with Gasteiger partial charge in [-0.1, -0.05) is 36.4 Å². The summed E-state index contributed by atoms with van der Waals surface area (Å²) in [6.45, 7) is 0. The van der Waals surface area contributed by atoms with Crippen LogP contribution in [0.15, 0.2) is 48.5 Å². The highest BCUT2D eigenvalue weighted by Crippen LogP contribution is 2.43. The SMILES string of the molecule is NP1Oc2ccccc2-c2ccccc21. The van der Waals surface area contributed by atoms with E-state index in [0.717, 1.165) is 16.6 Å². The number of rotatable bonds is 0. The van der Waals surface area contributed by atoms with Crippen molar-refractivity contribution < 1.29 is 4.52 Å². The quantitative estimate of drug-likeness (QED) is 0.685. The molecule has 1 heterocycles. The van der Waals surface area contributed by atoms with Gasteiger partial charge in [-0.05, 0) is 17.7 Å². The van der Waals surface area contributed by atoms with Gasteiger partial charge in [0.25, 0.3) is 0 Å². The average molecular weight is 215 g/mol. The van der Waals surface area contributed by atoms with Gasteiger partial charge in [0.1, 0.15) is 5.75 Å². The maximum absolute atomic E-state index is 6.00. The largest absolute Gasteiger partial charge is 0.453 e. The van der Waals surface area contributed by atoms with Crippen molar-refractivity contribution in [1.29, 1.82) is 0 Å². The van der Waals surface area contributed by atoms with E-state index in [0.29, 0.717) is 0 Å². The molecule has 15 heavy (non-hydrogen) atoms. The minimum atomic E-state index is -0.994. The van der Waals surface area contributed by atoms with Gasteiger partial charge >= 0.3 is 0 Å². The first-order valence-corrected chi connectivity index (χ1v) is 6.10. The highest BCUT2D eigenvalue weighted by atomic mass is 31.2. The molecule has 0 fully saturated rings. The van der Waals surface area contributed by atoms with Crippen molar-refractivity contribution in [3.05, 3.63) is 48.5 Å². The number of nitrogens with two attached hydrogens (primary N) is 1. The lowest BCUT2D eigenvalue weighted by Gasteiger charge is -2.24. The molecule has 0 saturated carbocycles. The Morgan fingerprint density at radius 1 is 0.867 bits per heavy atom. The van der Waals surface area contributed by atoms with Crippen molar-refractivity contribution in [2.24, 2.45) is 5.50 Å². The molecule has 2 nitrogen and oxygen atoms in total. The Balaban J connectivity index is 2.30. The van der Waals surface area contributed by atoms with Crippen LogP contribution in [0.2, 0.25) is 0 Å². The van der Waals surface area contributed by atoms with Crippen molar-refractivity contribution in [1.82, 2.24) is 0 Å². The predicted octanol–water partition coefficient (Wildman–Crippen LogP) is 2.64. The molecule has 2 aromatic carbocycles. The van der Waals surface area contributed by atoms with E-state index in [1.54, 1.807) is 0 Å². The molecular weight excluding hydrogens is 205 g/mol. The van der Waals surface area contributed by atoms with E-state index < -0.39 is 8.30 Å². The lowest BCUT2D eigenvalue weighted by molar-refractivity contribution is 0.622. The van der Waals surface area contributed by atoms with E-state index in [1.165, 1.54) is 5.56 Å². The molecule has 0 saturated heterocycles. The first-order valence-electron chi connectivity index (χ1n) is 4.77. The zero-order valence-electron chi connectivity index (χ0n) is 8.05. The highest BCUT2D eigenvalue weighted by Gasteiger charge is 2.22. The number of fused-ring (bicyclic) bond motifs is 3. The zero-order chi connectivity index (χ0) is 10.3. The normalized spacial score (nSPS) is 17.5. The van der Waals surface area contributed by atoms with Crippen molar-refractivity contribution in [3.8, 4) is 16.9 Å². The molecule has 1 aliphatic rings. The molecule has 2 N–H and O–H groups in total. The monoisotopic (exact) mass is 215 g/mol. The number of hydrogen-bond donors (Lipinski definition) is 1. The molecule has 0 radical (unpaired) electrons. The Labute approximate surface area is 89.6 Å². The van der Waals surface area contributed by atoms with Gasteiger partial charge in [0.05, 0.1) is 0 Å². The number of para-hydroxylation sites is 1. The zero-order valence-corrected chi connectivity index (χ0v) is 8.95. The van der Waals surface area contributed by atoms with Crippen LogP contribution >= 0.6 is 8.30 Å². The topological polar surface area (TPSA) is 35.2 Å². The number of benzene rings is 2. The smallest absolute Gasteiger partial charge is 0.192 e. The Hall–Kier alpha value is -1.37. The fourth-order valence-corrected chi connectivity index (χ4v) is 2.95. The Morgan fingerprint density at radius 2 is 1.53 bits per heavy atom. The third kappa shape index (κ3) is 1.34. The van der Waals surface area contributed by atoms with Crippen LogP contribution in [-0.4, -0.2) is 0 Å². The van der Waals surface area contributed by atoms with E-state index in [9.17, 15) is 0 Å². The summed E-state index contributed by atoms with van der Waals surface area (Å²) in [7, 11) is -0.994. The van der Waals surface area contributed by atoms with E-state index in [4.69, 9.17) is 10.0 Å². The van der Waals surface area contributed by atoms with Crippen LogP contribution in [-0.2, 0) is 0 Å². The molecule has 1 unspecified atom stereocenters. The fourth-order valence-electron chi connectivity index (χ4n) is 1.82. The van der Waals surface area contributed by atoms with Crippen LogP contribution in [0.3, 0.4) is 0 Å². The van der Waals surface area contributed by atoms with E-state index in [-0.39, 0.29) is 0 Å². The van der Waals surface area contributed by atoms with Crippen LogP contribution < -0.4 is 15.3 Å². The molecule has 1 atom stereocenters. The molecule has 0 amide bonds. The molecule has 0 spiro atoms. The standard InChI is InChI=1S/C12H10NOP/c13-15-12-8-4-2-6-10(12)9-5-1-3-7-11(9)14-15/h1-8H,13H2. The van der Waals surface area contributed by atoms with Crippen LogP contribution in [0.4, 0.5) is 0 Å². The van der Waals surface area contributed by atoms with Crippen LogP contribution in [0.25, 0.3) is 11.1 Å². The first-order chi connectivity index (χ1) is 7.36. The second-order valence-corrected chi connectivity index (χ2v) is 4.75. The second-order valence-electron chi connectivity index (χ2n) is 3.43. The molecular formula is C12H10NOP. The molecule has 0 bridgehead atoms. The fraction of sp³-hybridized carbons (Fsp3) is 0. The lowest BCUT2D eigenvalue weighted by atomic mass is 10.0. The predicted molar refractivity (Wildman–Crippen MR) is 63.2 cm³/mol. The maximum Gasteiger partial charge on any atom is 0.192 e. The second kappa shape index (κ2) is 3.34. The maximum atomic E-state index is 6.00. The molecule has 3 heteroatoms. The van der Waals surface area contributed by atoms with Crippen molar-refractivity contribution in [2.45, 2.75) is 0 Å². The summed E-state index contributed by atoms with van der Waals surface area (Å²) in [6, 6.07) is 16.2. The average Bonchev–Trinajstić information content (AvgIpc) is 2.30. The molecule has 3 rings (SSSR count). The van der Waals surface area contributed by atoms with Crippen molar-refractivity contribution in [2.75, 3.05) is 0 Å². The molecule has 0 aliphatic carbocycles. The van der Waals surface area contributed by atoms with Gasteiger partial charge in [-0.25, -0.2) is 0 Å². The van der Waals surface area contributed by atoms with Gasteiger partial charge < -0.3 is 4.52 Å². The first kappa shape index (κ1) is 8.90. The Bertz CT molecular complexity index is 512. The third-order valence-electron chi connectivity index (χ3n) is 2.52. The van der Waals surface area contributed by atoms with Gasteiger partial charge in [0.15, 0.2) is 8.30 Å². The van der Waals surface area contributed by atoms with Crippen LogP contribution in [0.5, 0.6) is 5.75 Å². The third-order valence-corrected chi connectivity index (χ3v) is 3.77. The van der Waals surface area contributed by atoms with Gasteiger partial charge in [-0.2, -0.15) is 0 Å². The van der Waals surface area contributed by atoms with E-state index in [1.807, 2.05) is 36.4 Å². The summed E-state index contributed by atoms with van der Waals surface area (Å²) < 4.78 is 5.70. The molecule has 0 aromatic heterocycles. The van der Waals surface area contributed by atoms with Crippen molar-refractivity contribution >= 4 is 13.6 Å². The minimum Gasteiger partial charge on any atom is -0.453 e. The van der Waals surface area contributed by atoms with E-state index >= 15 is 0 Å². The highest BCUT2D eigenvalue weighted by molar-refractivity contribution is 7.59. The lowest BCUT2D eigenvalue weighted by Crippen LogP contribution is -2.18. The summed E-state index contributed by atoms with van der Waals surface area (Å²) in [6.07, 6.45) is 0. The minimum absolute atomic E-state index is 0.893. The van der Waals surface area contributed by atoms with Crippen LogP contribution in [0.1, 0.15) is 0 Å². The summed E-state index contributed by atoms with van der Waals surface area (Å²) in [5, 5.41) is 1.12. The van der Waals surface area contributed by atoms with E-state index in [2.05, 4.69) is 12.1 Å². The van der Waals surface area contributed by atoms with Crippen LogP contribution in [0, 0.1) is 0 Å². The van der Waals surface area contributed by atoms with Gasteiger partial charge in [0, 0.05) is 10.9 Å². The summed E-state index contributed by atoms with van der Waals surface area (Å²) in [5.74, 6) is 0.893. The van der Waals surface area contributed by atoms with Gasteiger partial charge in [-0.15, -0.1) is 0 Å².